The van der Waals surface area contributed by atoms with Gasteiger partial charge in [0.25, 0.3) is 0 Å². The van der Waals surface area contributed by atoms with Gasteiger partial charge in [0, 0.05) is 11.4 Å². The van der Waals surface area contributed by atoms with Crippen LogP contribution in [0, 0.1) is 0 Å². The third-order valence-electron chi connectivity index (χ3n) is 1.69. The summed E-state index contributed by atoms with van der Waals surface area (Å²) in [7, 11) is 0. The second-order valence-corrected chi connectivity index (χ2v) is 5.01. The van der Waals surface area contributed by atoms with Crippen LogP contribution in [0.15, 0.2) is 18.2 Å². The summed E-state index contributed by atoms with van der Waals surface area (Å²) in [5.41, 5.74) is 5.11. The largest absolute Gasteiger partial charge is 0.492 e. The van der Waals surface area contributed by atoms with E-state index in [0.717, 1.165) is 0 Å². The lowest BCUT2D eigenvalue weighted by molar-refractivity contribution is -0.137. The van der Waals surface area contributed by atoms with E-state index in [1.54, 1.807) is 18.2 Å². The van der Waals surface area contributed by atoms with Gasteiger partial charge in [-0.1, -0.05) is 37.0 Å². The van der Waals surface area contributed by atoms with Crippen LogP contribution in [-0.4, -0.2) is 23.7 Å². The number of nitrogens with two attached hydrogens (primary N) is 1. The maximum atomic E-state index is 10.2. The lowest BCUT2D eigenvalue weighted by atomic mass is 10.3. The Hall–Kier alpha value is -0.970. The summed E-state index contributed by atoms with van der Waals surface area (Å²) in [6.45, 7) is 4.22. The molecule has 4 nitrogen and oxygen atoms in total. The number of halogens is 2. The molecule has 0 aliphatic rings. The number of hydrogen-bond acceptors (Lipinski definition) is 3. The van der Waals surface area contributed by atoms with Crippen molar-refractivity contribution in [1.29, 1.82) is 0 Å². The third kappa shape index (κ3) is 10.6. The van der Waals surface area contributed by atoms with Crippen LogP contribution < -0.4 is 10.5 Å². The van der Waals surface area contributed by atoms with Crippen molar-refractivity contribution in [2.24, 2.45) is 5.73 Å². The zero-order valence-electron chi connectivity index (χ0n) is 11.0. The molecule has 0 spiro atoms. The Labute approximate surface area is 123 Å². The average Bonchev–Trinajstić information content (AvgIpc) is 2.25. The van der Waals surface area contributed by atoms with Crippen LogP contribution in [0.1, 0.15) is 26.7 Å². The first-order chi connectivity index (χ1) is 8.82. The van der Waals surface area contributed by atoms with Gasteiger partial charge in [0.1, 0.15) is 5.75 Å². The predicted molar refractivity (Wildman–Crippen MR) is 78.2 cm³/mol. The summed E-state index contributed by atoms with van der Waals surface area (Å²) >= 11 is 11.5. The lowest BCUT2D eigenvalue weighted by Crippen LogP contribution is -2.06. The molecule has 0 amide bonds. The molecule has 0 aliphatic carbocycles. The first-order valence-corrected chi connectivity index (χ1v) is 6.63. The van der Waals surface area contributed by atoms with E-state index in [2.05, 4.69) is 0 Å². The number of carboxylic acids is 1. The number of rotatable bonds is 5. The van der Waals surface area contributed by atoms with Crippen molar-refractivity contribution in [2.45, 2.75) is 32.7 Å². The van der Waals surface area contributed by atoms with E-state index in [4.69, 9.17) is 38.8 Å². The van der Waals surface area contributed by atoms with Gasteiger partial charge in [-0.15, -0.1) is 0 Å². The van der Waals surface area contributed by atoms with Crippen molar-refractivity contribution in [3.63, 3.8) is 0 Å². The molecule has 0 saturated carbocycles. The van der Waals surface area contributed by atoms with Gasteiger partial charge < -0.3 is 15.6 Å². The van der Waals surface area contributed by atoms with Crippen LogP contribution in [0.25, 0.3) is 0 Å². The van der Waals surface area contributed by atoms with E-state index < -0.39 is 5.97 Å². The van der Waals surface area contributed by atoms with Crippen molar-refractivity contribution >= 4 is 29.2 Å². The molecule has 0 fully saturated rings. The number of benzene rings is 1. The Morgan fingerprint density at radius 1 is 1.42 bits per heavy atom. The number of aliphatic carboxylic acids is 1. The van der Waals surface area contributed by atoms with Gasteiger partial charge in [-0.2, -0.15) is 0 Å². The Kier molecular flexibility index (Phi) is 9.39. The molecule has 0 radical (unpaired) electrons. The normalized spacial score (nSPS) is 9.79. The molecule has 0 bridgehead atoms. The minimum Gasteiger partial charge on any atom is -0.492 e. The second-order valence-electron chi connectivity index (χ2n) is 4.16. The number of carboxylic acid groups (broad SMARTS) is 1. The Bertz CT molecular complexity index is 395. The molecule has 19 heavy (non-hydrogen) atoms. The fourth-order valence-electron chi connectivity index (χ4n) is 0.998. The maximum absolute atomic E-state index is 10.2. The van der Waals surface area contributed by atoms with Gasteiger partial charge in [-0.3, -0.25) is 4.79 Å². The van der Waals surface area contributed by atoms with Gasteiger partial charge in [0.05, 0.1) is 11.6 Å². The van der Waals surface area contributed by atoms with Crippen molar-refractivity contribution in [1.82, 2.24) is 0 Å². The van der Waals surface area contributed by atoms with E-state index in [1.807, 2.05) is 13.8 Å². The highest BCUT2D eigenvalue weighted by atomic mass is 35.5. The molecule has 0 heterocycles. The molecule has 1 aromatic carbocycles. The summed E-state index contributed by atoms with van der Waals surface area (Å²) < 4.78 is 5.29. The van der Waals surface area contributed by atoms with E-state index >= 15 is 0 Å². The molecule has 0 saturated heterocycles. The molecule has 0 atom stereocenters. The second kappa shape index (κ2) is 9.89. The van der Waals surface area contributed by atoms with Gasteiger partial charge in [-0.25, -0.2) is 0 Å². The van der Waals surface area contributed by atoms with Crippen molar-refractivity contribution < 1.29 is 14.6 Å². The summed E-state index contributed by atoms with van der Waals surface area (Å²) in [6, 6.07) is 5.24. The van der Waals surface area contributed by atoms with Crippen molar-refractivity contribution in [3.8, 4) is 5.75 Å². The maximum Gasteiger partial charge on any atom is 0.303 e. The van der Waals surface area contributed by atoms with Crippen LogP contribution in [0.5, 0.6) is 5.75 Å². The van der Waals surface area contributed by atoms with Crippen LogP contribution >= 0.6 is 23.2 Å². The number of carbonyl (C=O) groups is 1. The first-order valence-electron chi connectivity index (χ1n) is 5.88. The summed E-state index contributed by atoms with van der Waals surface area (Å²) in [5.74, 6) is -0.313. The van der Waals surface area contributed by atoms with Crippen molar-refractivity contribution in [3.05, 3.63) is 28.2 Å². The number of hydrogen-bond donors (Lipinski definition) is 2. The zero-order chi connectivity index (χ0) is 14.8. The molecular weight excluding hydrogens is 289 g/mol. The number of ether oxygens (including phenoxy) is 1. The average molecular weight is 308 g/mol. The molecule has 3 N–H and O–H groups in total. The van der Waals surface area contributed by atoms with E-state index in [0.29, 0.717) is 34.9 Å². The predicted octanol–water partition coefficient (Wildman–Crippen LogP) is 3.59. The monoisotopic (exact) mass is 307 g/mol. The smallest absolute Gasteiger partial charge is 0.303 e. The molecule has 0 unspecified atom stereocenters. The quantitative estimate of drug-likeness (QED) is 0.815. The first kappa shape index (κ1) is 18.0. The fourth-order valence-corrected chi connectivity index (χ4v) is 1.46. The van der Waals surface area contributed by atoms with E-state index in [-0.39, 0.29) is 6.42 Å². The Morgan fingerprint density at radius 3 is 2.47 bits per heavy atom. The summed E-state index contributed by atoms with van der Waals surface area (Å²) in [6.07, 6.45) is 0.541. The highest BCUT2D eigenvalue weighted by Gasteiger charge is 2.02. The summed E-state index contributed by atoms with van der Waals surface area (Å²) in [4.78, 5) is 10.2. The minimum atomic E-state index is -0.833. The zero-order valence-corrected chi connectivity index (χ0v) is 12.5. The van der Waals surface area contributed by atoms with Gasteiger partial charge >= 0.3 is 5.97 Å². The highest BCUT2D eigenvalue weighted by Crippen LogP contribution is 2.27. The lowest BCUT2D eigenvalue weighted by Gasteiger charge is -2.06. The van der Waals surface area contributed by atoms with Crippen LogP contribution in [-0.2, 0) is 4.79 Å². The molecule has 1 aromatic rings. The molecule has 108 valence electrons. The molecular formula is C13H19Cl2NO3. The fraction of sp³-hybridized carbons (Fsp3) is 0.462. The van der Waals surface area contributed by atoms with E-state index in [9.17, 15) is 4.79 Å². The minimum absolute atomic E-state index is 0.0885. The molecule has 0 aromatic heterocycles. The standard InChI is InChI=1S/C10H10Cl2O3.C3H9N/c11-7-3-4-9(8(12)6-7)15-5-1-2-10(13)14;1-3(2)4/h3-4,6H,1-2,5H2,(H,13,14);3H,4H2,1-2H3. The van der Waals surface area contributed by atoms with Gasteiger partial charge in [0.15, 0.2) is 0 Å². The topological polar surface area (TPSA) is 72.6 Å². The SMILES string of the molecule is CC(C)N.O=C(O)CCCOc1ccc(Cl)cc1Cl. The summed E-state index contributed by atoms with van der Waals surface area (Å²) in [5, 5.41) is 9.37. The Morgan fingerprint density at radius 2 is 2.00 bits per heavy atom. The Balaban J connectivity index is 0.000000711. The van der Waals surface area contributed by atoms with Gasteiger partial charge in [-0.05, 0) is 30.7 Å². The highest BCUT2D eigenvalue weighted by molar-refractivity contribution is 6.35. The van der Waals surface area contributed by atoms with Crippen LogP contribution in [0.3, 0.4) is 0 Å². The third-order valence-corrected chi connectivity index (χ3v) is 2.22. The van der Waals surface area contributed by atoms with E-state index in [1.165, 1.54) is 0 Å². The molecule has 0 aliphatic heterocycles. The molecule has 6 heteroatoms. The van der Waals surface area contributed by atoms with Crippen LogP contribution in [0.4, 0.5) is 0 Å². The van der Waals surface area contributed by atoms with Crippen LogP contribution in [0.2, 0.25) is 10.0 Å². The van der Waals surface area contributed by atoms with Crippen molar-refractivity contribution in [2.75, 3.05) is 6.61 Å². The molecule has 1 rings (SSSR count). The van der Waals surface area contributed by atoms with Gasteiger partial charge in [0.2, 0.25) is 0 Å².